The summed E-state index contributed by atoms with van der Waals surface area (Å²) < 4.78 is 1.17. The van der Waals surface area contributed by atoms with Gasteiger partial charge in [-0.1, -0.05) is 81.6 Å². The number of nitrogens with zero attached hydrogens (tertiary/aromatic N) is 6. The molecule has 2 aromatic carbocycles. The van der Waals surface area contributed by atoms with Crippen LogP contribution in [0.5, 0.6) is 0 Å². The highest BCUT2D eigenvalue weighted by molar-refractivity contribution is 8.02. The molecular weight excluding hydrogens is 693 g/mol. The zero-order valence-corrected chi connectivity index (χ0v) is 29.5. The number of aromatic nitrogens is 4. The third-order valence-corrected chi connectivity index (χ3v) is 10.8. The quantitative estimate of drug-likeness (QED) is 0.110. The van der Waals surface area contributed by atoms with E-state index >= 15 is 0 Å². The van der Waals surface area contributed by atoms with Crippen molar-refractivity contribution in [2.75, 3.05) is 72.0 Å². The van der Waals surface area contributed by atoms with E-state index in [0.717, 1.165) is 22.5 Å². The summed E-state index contributed by atoms with van der Waals surface area (Å²) in [7, 11) is 0. The Kier molecular flexibility index (Phi) is 12.9. The summed E-state index contributed by atoms with van der Waals surface area (Å²) in [5.74, 6) is -0.360. The normalized spacial score (nSPS) is 13.5. The first-order valence-corrected chi connectivity index (χ1v) is 18.5. The summed E-state index contributed by atoms with van der Waals surface area (Å²) in [4.78, 5) is 53.8. The second-order valence-electron chi connectivity index (χ2n) is 10.8. The van der Waals surface area contributed by atoms with Crippen LogP contribution in [0.4, 0.5) is 21.6 Å². The van der Waals surface area contributed by atoms with Crippen LogP contribution in [0.3, 0.4) is 0 Å². The topological polar surface area (TPSA) is 174 Å². The van der Waals surface area contributed by atoms with Crippen molar-refractivity contribution in [3.63, 3.8) is 0 Å². The second kappa shape index (κ2) is 17.5. The molecule has 0 saturated carbocycles. The van der Waals surface area contributed by atoms with E-state index in [1.165, 1.54) is 46.2 Å². The van der Waals surface area contributed by atoms with Crippen LogP contribution < -0.4 is 21.3 Å². The highest BCUT2D eigenvalue weighted by atomic mass is 32.2. The van der Waals surface area contributed by atoms with Crippen molar-refractivity contribution in [1.29, 1.82) is 0 Å². The van der Waals surface area contributed by atoms with E-state index in [2.05, 4.69) is 41.7 Å². The van der Waals surface area contributed by atoms with E-state index < -0.39 is 0 Å². The molecule has 18 heteroatoms. The Balaban J connectivity index is 0.946. The molecule has 4 amide bonds. The molecule has 0 unspecified atom stereocenters. The molecule has 1 saturated heterocycles. The van der Waals surface area contributed by atoms with Crippen molar-refractivity contribution in [3.8, 4) is 0 Å². The van der Waals surface area contributed by atoms with E-state index in [9.17, 15) is 19.2 Å². The van der Waals surface area contributed by atoms with E-state index in [1.807, 2.05) is 72.2 Å². The van der Waals surface area contributed by atoms with Crippen LogP contribution in [0.25, 0.3) is 0 Å². The van der Waals surface area contributed by atoms with Gasteiger partial charge in [0, 0.05) is 37.6 Å². The molecule has 5 rings (SSSR count). The zero-order valence-electron chi connectivity index (χ0n) is 26.2. The fourth-order valence-corrected chi connectivity index (χ4v) is 7.53. The smallest absolute Gasteiger partial charge is 0.240 e. The average Bonchev–Trinajstić information content (AvgIpc) is 3.71. The molecule has 14 nitrogen and oxygen atoms in total. The summed E-state index contributed by atoms with van der Waals surface area (Å²) in [5.41, 5.74) is 3.70. The van der Waals surface area contributed by atoms with Gasteiger partial charge in [0.15, 0.2) is 8.68 Å². The average molecular weight is 727 g/mol. The summed E-state index contributed by atoms with van der Waals surface area (Å²) in [6.45, 7) is 6.84. The van der Waals surface area contributed by atoms with E-state index in [4.69, 9.17) is 0 Å². The van der Waals surface area contributed by atoms with Gasteiger partial charge in [-0.3, -0.25) is 39.6 Å². The molecule has 1 aliphatic rings. The SMILES string of the molecule is Cc1ccc(NC(=O)CSc2nnc(NC(=O)CN3CCN(CC(=O)Nc4nnc(SCC(=O)Nc5ccc(C)cc5)s4)CC3)s2)cc1. The Morgan fingerprint density at radius 2 is 0.958 bits per heavy atom. The Labute approximate surface area is 293 Å². The minimum absolute atomic E-state index is 0.151. The van der Waals surface area contributed by atoms with Gasteiger partial charge in [-0.05, 0) is 38.1 Å². The van der Waals surface area contributed by atoms with Gasteiger partial charge in [-0.2, -0.15) is 0 Å². The van der Waals surface area contributed by atoms with Crippen LogP contribution in [0.15, 0.2) is 57.2 Å². The fraction of sp³-hybridized carbons (Fsp3) is 0.333. The maximum atomic E-state index is 12.6. The van der Waals surface area contributed by atoms with Gasteiger partial charge in [0.05, 0.1) is 24.6 Å². The predicted molar refractivity (Wildman–Crippen MR) is 191 cm³/mol. The van der Waals surface area contributed by atoms with Crippen molar-refractivity contribution >= 4 is 91.5 Å². The maximum absolute atomic E-state index is 12.6. The highest BCUT2D eigenvalue weighted by Crippen LogP contribution is 2.27. The van der Waals surface area contributed by atoms with Crippen LogP contribution in [-0.2, 0) is 19.2 Å². The zero-order chi connectivity index (χ0) is 33.9. The Hall–Kier alpha value is -3.94. The Morgan fingerprint density at radius 1 is 0.583 bits per heavy atom. The predicted octanol–water partition coefficient (Wildman–Crippen LogP) is 3.66. The lowest BCUT2D eigenvalue weighted by Gasteiger charge is -2.33. The van der Waals surface area contributed by atoms with Crippen LogP contribution in [0, 0.1) is 13.8 Å². The van der Waals surface area contributed by atoms with Gasteiger partial charge < -0.3 is 10.6 Å². The molecule has 1 aliphatic heterocycles. The van der Waals surface area contributed by atoms with E-state index in [-0.39, 0.29) is 48.2 Å². The van der Waals surface area contributed by atoms with Crippen LogP contribution >= 0.6 is 46.2 Å². The first-order chi connectivity index (χ1) is 23.2. The number of rotatable bonds is 14. The lowest BCUT2D eigenvalue weighted by molar-refractivity contribution is -0.120. The van der Waals surface area contributed by atoms with Crippen LogP contribution in [0.1, 0.15) is 11.1 Å². The van der Waals surface area contributed by atoms with Crippen LogP contribution in [-0.4, -0.2) is 105 Å². The standard InChI is InChI=1S/C30H34N10O4S4/c1-19-3-7-21(8-4-19)31-25(43)17-45-29-37-35-27(47-29)33-23(41)15-39-11-13-40(14-12-39)16-24(42)34-28-36-38-30(48-28)46-18-26(44)32-22-9-5-20(2)6-10-22/h3-10H,11-18H2,1-2H3,(H,31,43)(H,32,44)(H,33,35,41)(H,34,36,42). The van der Waals surface area contributed by atoms with Gasteiger partial charge >= 0.3 is 0 Å². The number of nitrogens with one attached hydrogen (secondary N) is 4. The maximum Gasteiger partial charge on any atom is 0.240 e. The third-order valence-electron chi connectivity index (χ3n) is 6.83. The summed E-state index contributed by atoms with van der Waals surface area (Å²) in [6, 6.07) is 15.1. The van der Waals surface area contributed by atoms with Crippen LogP contribution in [0.2, 0.25) is 0 Å². The van der Waals surface area contributed by atoms with Gasteiger partial charge in [0.1, 0.15) is 0 Å². The number of carbonyl (C=O) groups is 4. The molecule has 48 heavy (non-hydrogen) atoms. The first-order valence-electron chi connectivity index (χ1n) is 14.9. The van der Waals surface area contributed by atoms with E-state index in [1.54, 1.807) is 0 Å². The van der Waals surface area contributed by atoms with Crippen molar-refractivity contribution in [3.05, 3.63) is 59.7 Å². The van der Waals surface area contributed by atoms with Crippen molar-refractivity contribution in [2.45, 2.75) is 22.5 Å². The number of anilines is 4. The molecule has 3 heterocycles. The molecule has 0 spiro atoms. The molecule has 4 N–H and O–H groups in total. The Morgan fingerprint density at radius 3 is 1.33 bits per heavy atom. The van der Waals surface area contributed by atoms with Gasteiger partial charge in [-0.15, -0.1) is 20.4 Å². The highest BCUT2D eigenvalue weighted by Gasteiger charge is 2.22. The molecule has 0 atom stereocenters. The van der Waals surface area contributed by atoms with Crippen molar-refractivity contribution in [2.24, 2.45) is 0 Å². The minimum Gasteiger partial charge on any atom is -0.325 e. The second-order valence-corrected chi connectivity index (χ2v) is 15.2. The van der Waals surface area contributed by atoms with Gasteiger partial charge in [-0.25, -0.2) is 0 Å². The number of thioether (sulfide) groups is 2. The molecule has 0 bridgehead atoms. The van der Waals surface area contributed by atoms with Crippen molar-refractivity contribution in [1.82, 2.24) is 30.2 Å². The first kappa shape index (κ1) is 35.4. The molecular formula is C30H34N10O4S4. The van der Waals surface area contributed by atoms with Crippen molar-refractivity contribution < 1.29 is 19.2 Å². The fourth-order valence-electron chi connectivity index (χ4n) is 4.39. The lowest BCUT2D eigenvalue weighted by Crippen LogP contribution is -2.50. The molecule has 1 fully saturated rings. The Bertz CT molecular complexity index is 1580. The minimum atomic E-state index is -0.205. The molecule has 0 radical (unpaired) electrons. The summed E-state index contributed by atoms with van der Waals surface area (Å²) in [6.07, 6.45) is 0. The van der Waals surface area contributed by atoms with E-state index in [0.29, 0.717) is 45.1 Å². The number of hydrogen-bond acceptors (Lipinski definition) is 14. The number of carbonyl (C=O) groups excluding carboxylic acids is 4. The van der Waals surface area contributed by atoms with Gasteiger partial charge in [0.2, 0.25) is 33.9 Å². The number of piperazine rings is 1. The molecule has 2 aromatic heterocycles. The monoisotopic (exact) mass is 726 g/mol. The number of amides is 4. The molecule has 252 valence electrons. The third kappa shape index (κ3) is 11.6. The van der Waals surface area contributed by atoms with Gasteiger partial charge in [0.25, 0.3) is 0 Å². The summed E-state index contributed by atoms with van der Waals surface area (Å²) >= 11 is 4.94. The number of benzene rings is 2. The number of hydrogen-bond donors (Lipinski definition) is 4. The summed E-state index contributed by atoms with van der Waals surface area (Å²) in [5, 5.41) is 28.2. The lowest BCUT2D eigenvalue weighted by atomic mass is 10.2. The number of aryl methyl sites for hydroxylation is 2. The molecule has 4 aromatic rings. The molecule has 0 aliphatic carbocycles. The largest absolute Gasteiger partial charge is 0.325 e.